The maximum absolute atomic E-state index is 6.09. The third kappa shape index (κ3) is 2.35. The summed E-state index contributed by atoms with van der Waals surface area (Å²) in [5.41, 5.74) is 2.65. The van der Waals surface area contributed by atoms with E-state index in [-0.39, 0.29) is 0 Å². The van der Waals surface area contributed by atoms with E-state index in [1.807, 2.05) is 41.9 Å². The van der Waals surface area contributed by atoms with E-state index in [0.717, 1.165) is 17.0 Å². The van der Waals surface area contributed by atoms with E-state index in [9.17, 15) is 0 Å². The van der Waals surface area contributed by atoms with Crippen molar-refractivity contribution in [2.75, 3.05) is 0 Å². The molecule has 2 aromatic heterocycles. The number of imidazole rings is 1. The summed E-state index contributed by atoms with van der Waals surface area (Å²) < 4.78 is 1.86. The largest absolute Gasteiger partial charge is 0.331 e. The van der Waals surface area contributed by atoms with Crippen molar-refractivity contribution in [2.45, 2.75) is 0 Å². The van der Waals surface area contributed by atoms with Crippen LogP contribution in [-0.2, 0) is 7.05 Å². The molecule has 19 heavy (non-hydrogen) atoms. The van der Waals surface area contributed by atoms with E-state index in [4.69, 9.17) is 11.6 Å². The first-order valence-corrected chi connectivity index (χ1v) is 6.18. The Balaban J connectivity index is 2.14. The van der Waals surface area contributed by atoms with Gasteiger partial charge in [-0.25, -0.2) is 15.0 Å². The number of aromatic nitrogens is 4. The van der Waals surface area contributed by atoms with Crippen molar-refractivity contribution in [2.24, 2.45) is 7.05 Å². The van der Waals surface area contributed by atoms with Crippen LogP contribution in [0.1, 0.15) is 0 Å². The van der Waals surface area contributed by atoms with Crippen molar-refractivity contribution >= 4 is 11.6 Å². The SMILES string of the molecule is Cn1cncc1-c1nc(Cl)cc(-c2ccccc2)n1. The van der Waals surface area contributed by atoms with Gasteiger partial charge in [0.2, 0.25) is 0 Å². The molecule has 3 aromatic rings. The van der Waals surface area contributed by atoms with Crippen LogP contribution < -0.4 is 0 Å². The van der Waals surface area contributed by atoms with Gasteiger partial charge >= 0.3 is 0 Å². The van der Waals surface area contributed by atoms with Crippen LogP contribution in [0.15, 0.2) is 48.9 Å². The lowest BCUT2D eigenvalue weighted by Crippen LogP contribution is -1.97. The molecule has 0 saturated carbocycles. The third-order valence-corrected chi connectivity index (χ3v) is 3.00. The van der Waals surface area contributed by atoms with E-state index in [1.165, 1.54) is 0 Å². The molecular formula is C14H11ClN4. The van der Waals surface area contributed by atoms with Crippen LogP contribution in [0.3, 0.4) is 0 Å². The third-order valence-electron chi connectivity index (χ3n) is 2.81. The second-order valence-electron chi connectivity index (χ2n) is 4.16. The summed E-state index contributed by atoms with van der Waals surface area (Å²) in [5, 5.41) is 0.421. The molecular weight excluding hydrogens is 260 g/mol. The summed E-state index contributed by atoms with van der Waals surface area (Å²) in [4.78, 5) is 12.9. The second-order valence-corrected chi connectivity index (χ2v) is 4.54. The summed E-state index contributed by atoms with van der Waals surface area (Å²) in [6, 6.07) is 11.6. The Kier molecular flexibility index (Phi) is 3.01. The fourth-order valence-electron chi connectivity index (χ4n) is 1.86. The predicted molar refractivity (Wildman–Crippen MR) is 74.7 cm³/mol. The highest BCUT2D eigenvalue weighted by atomic mass is 35.5. The minimum Gasteiger partial charge on any atom is -0.331 e. The van der Waals surface area contributed by atoms with Gasteiger partial charge in [-0.15, -0.1) is 0 Å². The Bertz CT molecular complexity index is 706. The first-order valence-electron chi connectivity index (χ1n) is 5.81. The van der Waals surface area contributed by atoms with E-state index >= 15 is 0 Å². The molecule has 0 bridgehead atoms. The van der Waals surface area contributed by atoms with Crippen LogP contribution in [0.4, 0.5) is 0 Å². The van der Waals surface area contributed by atoms with Crippen molar-refractivity contribution in [1.82, 2.24) is 19.5 Å². The van der Waals surface area contributed by atoms with Crippen molar-refractivity contribution in [3.8, 4) is 22.8 Å². The van der Waals surface area contributed by atoms with Crippen molar-refractivity contribution in [1.29, 1.82) is 0 Å². The number of hydrogen-bond donors (Lipinski definition) is 0. The minimum absolute atomic E-state index is 0.421. The summed E-state index contributed by atoms with van der Waals surface area (Å²) in [5.74, 6) is 0.575. The highest BCUT2D eigenvalue weighted by Gasteiger charge is 2.10. The lowest BCUT2D eigenvalue weighted by Gasteiger charge is -2.05. The Morgan fingerprint density at radius 1 is 1.11 bits per heavy atom. The summed E-state index contributed by atoms with van der Waals surface area (Å²) in [6.45, 7) is 0. The van der Waals surface area contributed by atoms with Crippen LogP contribution in [0.25, 0.3) is 22.8 Å². The number of benzene rings is 1. The average molecular weight is 271 g/mol. The summed E-state index contributed by atoms with van der Waals surface area (Å²) in [7, 11) is 1.90. The molecule has 1 aromatic carbocycles. The normalized spacial score (nSPS) is 10.6. The Labute approximate surface area is 115 Å². The number of hydrogen-bond acceptors (Lipinski definition) is 3. The second kappa shape index (κ2) is 4.82. The number of nitrogens with zero attached hydrogens (tertiary/aromatic N) is 4. The molecule has 0 N–H and O–H groups in total. The maximum atomic E-state index is 6.09. The summed E-state index contributed by atoms with van der Waals surface area (Å²) >= 11 is 6.09. The van der Waals surface area contributed by atoms with Crippen LogP contribution in [-0.4, -0.2) is 19.5 Å². The molecule has 0 aliphatic heterocycles. The molecule has 0 radical (unpaired) electrons. The Hall–Kier alpha value is -2.20. The molecule has 4 nitrogen and oxygen atoms in total. The Morgan fingerprint density at radius 2 is 1.89 bits per heavy atom. The highest BCUT2D eigenvalue weighted by molar-refractivity contribution is 6.29. The minimum atomic E-state index is 0.421. The van der Waals surface area contributed by atoms with Crippen molar-refractivity contribution in [3.05, 3.63) is 54.1 Å². The molecule has 0 fully saturated rings. The van der Waals surface area contributed by atoms with Gasteiger partial charge in [0.1, 0.15) is 10.8 Å². The molecule has 0 amide bonds. The zero-order valence-electron chi connectivity index (χ0n) is 10.3. The van der Waals surface area contributed by atoms with Gasteiger partial charge in [0.05, 0.1) is 18.2 Å². The molecule has 5 heteroatoms. The van der Waals surface area contributed by atoms with Crippen LogP contribution in [0.5, 0.6) is 0 Å². The average Bonchev–Trinajstić information content (AvgIpc) is 2.85. The highest BCUT2D eigenvalue weighted by Crippen LogP contribution is 2.23. The molecule has 0 saturated heterocycles. The zero-order valence-corrected chi connectivity index (χ0v) is 11.0. The van der Waals surface area contributed by atoms with E-state index < -0.39 is 0 Å². The van der Waals surface area contributed by atoms with Crippen LogP contribution in [0, 0.1) is 0 Å². The molecule has 0 aliphatic carbocycles. The van der Waals surface area contributed by atoms with Gasteiger partial charge in [0.25, 0.3) is 0 Å². The first-order chi connectivity index (χ1) is 9.24. The van der Waals surface area contributed by atoms with Gasteiger partial charge in [0.15, 0.2) is 5.82 Å². The molecule has 0 unspecified atom stereocenters. The molecule has 94 valence electrons. The van der Waals surface area contributed by atoms with Gasteiger partial charge in [-0.1, -0.05) is 41.9 Å². The standard InChI is InChI=1S/C14H11ClN4/c1-19-9-16-8-12(19)14-17-11(7-13(15)18-14)10-5-3-2-4-6-10/h2-9H,1H3. The first kappa shape index (κ1) is 11.9. The summed E-state index contributed by atoms with van der Waals surface area (Å²) in [6.07, 6.45) is 3.43. The van der Waals surface area contributed by atoms with E-state index in [1.54, 1.807) is 18.6 Å². The quantitative estimate of drug-likeness (QED) is 0.672. The van der Waals surface area contributed by atoms with E-state index in [0.29, 0.717) is 11.0 Å². The molecule has 2 heterocycles. The fraction of sp³-hybridized carbons (Fsp3) is 0.0714. The number of aryl methyl sites for hydroxylation is 1. The van der Waals surface area contributed by atoms with Gasteiger partial charge in [-0.05, 0) is 0 Å². The molecule has 0 aliphatic rings. The number of halogens is 1. The number of rotatable bonds is 2. The van der Waals surface area contributed by atoms with E-state index in [2.05, 4.69) is 15.0 Å². The molecule has 0 atom stereocenters. The zero-order chi connectivity index (χ0) is 13.2. The molecule has 0 spiro atoms. The molecule has 3 rings (SSSR count). The van der Waals surface area contributed by atoms with Crippen LogP contribution in [0.2, 0.25) is 5.15 Å². The van der Waals surface area contributed by atoms with Gasteiger partial charge < -0.3 is 4.57 Å². The predicted octanol–water partition coefficient (Wildman–Crippen LogP) is 3.20. The smallest absolute Gasteiger partial charge is 0.179 e. The lowest BCUT2D eigenvalue weighted by atomic mass is 10.1. The monoisotopic (exact) mass is 270 g/mol. The lowest BCUT2D eigenvalue weighted by molar-refractivity contribution is 0.908. The topological polar surface area (TPSA) is 43.6 Å². The fourth-order valence-corrected chi connectivity index (χ4v) is 2.05. The van der Waals surface area contributed by atoms with Crippen LogP contribution >= 0.6 is 11.6 Å². The van der Waals surface area contributed by atoms with Crippen molar-refractivity contribution in [3.63, 3.8) is 0 Å². The van der Waals surface area contributed by atoms with Gasteiger partial charge in [-0.2, -0.15) is 0 Å². The van der Waals surface area contributed by atoms with Crippen molar-refractivity contribution < 1.29 is 0 Å². The van der Waals surface area contributed by atoms with Gasteiger partial charge in [0, 0.05) is 18.7 Å². The van der Waals surface area contributed by atoms with Gasteiger partial charge in [-0.3, -0.25) is 0 Å². The maximum Gasteiger partial charge on any atom is 0.179 e. The Morgan fingerprint density at radius 3 is 2.58 bits per heavy atom.